The Balaban J connectivity index is 1.77. The predicted molar refractivity (Wildman–Crippen MR) is 94.6 cm³/mol. The number of nitrogens with one attached hydrogen (secondary N) is 1. The molecule has 1 aromatic carbocycles. The molecule has 4 rings (SSSR count). The number of aromatic nitrogens is 4. The maximum atomic E-state index is 12.6. The second-order valence-corrected chi connectivity index (χ2v) is 7.28. The van der Waals surface area contributed by atoms with Gasteiger partial charge in [-0.3, -0.25) is 9.40 Å². The van der Waals surface area contributed by atoms with Crippen LogP contribution in [0.4, 0.5) is 5.69 Å². The van der Waals surface area contributed by atoms with Crippen LogP contribution in [0.5, 0.6) is 0 Å². The summed E-state index contributed by atoms with van der Waals surface area (Å²) in [5, 5.41) is 3.92. The summed E-state index contributed by atoms with van der Waals surface area (Å²) < 4.78 is 31.1. The molecule has 0 unspecified atom stereocenters. The monoisotopic (exact) mass is 353 g/mol. The molecule has 0 fully saturated rings. The molecule has 25 heavy (non-hydrogen) atoms. The Morgan fingerprint density at radius 2 is 1.84 bits per heavy atom. The fourth-order valence-corrected chi connectivity index (χ4v) is 3.66. The van der Waals surface area contributed by atoms with Crippen molar-refractivity contribution in [1.82, 2.24) is 19.2 Å². The Labute approximate surface area is 144 Å². The molecule has 0 saturated heterocycles. The number of pyridine rings is 1. The van der Waals surface area contributed by atoms with E-state index < -0.39 is 10.0 Å². The number of nitrogens with zero attached hydrogens (tertiary/aromatic N) is 4. The molecular weight excluding hydrogens is 338 g/mol. The van der Waals surface area contributed by atoms with E-state index in [1.54, 1.807) is 19.2 Å². The van der Waals surface area contributed by atoms with Gasteiger partial charge in [-0.15, -0.1) is 0 Å². The minimum atomic E-state index is -3.72. The minimum Gasteiger partial charge on any atom is -0.306 e. The van der Waals surface area contributed by atoms with Crippen LogP contribution in [0.15, 0.2) is 72.1 Å². The molecule has 0 aliphatic carbocycles. The maximum absolute atomic E-state index is 12.6. The van der Waals surface area contributed by atoms with E-state index in [1.165, 1.54) is 17.1 Å². The summed E-state index contributed by atoms with van der Waals surface area (Å²) in [5.41, 5.74) is 2.66. The number of hydrogen-bond donors (Lipinski definition) is 1. The maximum Gasteiger partial charge on any atom is 0.265 e. The number of benzene rings is 1. The van der Waals surface area contributed by atoms with Gasteiger partial charge in [0, 0.05) is 31.2 Å². The number of hydrogen-bond acceptors (Lipinski definition) is 4. The fraction of sp³-hybridized carbons (Fsp3) is 0.0588. The molecule has 4 aromatic rings. The quantitative estimate of drug-likeness (QED) is 0.611. The van der Waals surface area contributed by atoms with Crippen molar-refractivity contribution in [2.75, 3.05) is 4.72 Å². The highest BCUT2D eigenvalue weighted by molar-refractivity contribution is 7.92. The second-order valence-electron chi connectivity index (χ2n) is 5.59. The number of rotatable bonds is 4. The van der Waals surface area contributed by atoms with E-state index in [0.29, 0.717) is 16.9 Å². The average Bonchev–Trinajstić information content (AvgIpc) is 3.21. The first-order valence-corrected chi connectivity index (χ1v) is 9.06. The van der Waals surface area contributed by atoms with E-state index in [-0.39, 0.29) is 4.90 Å². The van der Waals surface area contributed by atoms with Gasteiger partial charge in [0.25, 0.3) is 10.0 Å². The van der Waals surface area contributed by atoms with Gasteiger partial charge in [0.05, 0.1) is 17.6 Å². The van der Waals surface area contributed by atoms with Crippen molar-refractivity contribution in [3.63, 3.8) is 0 Å². The van der Waals surface area contributed by atoms with Crippen LogP contribution in [0.3, 0.4) is 0 Å². The van der Waals surface area contributed by atoms with Crippen molar-refractivity contribution in [3.8, 4) is 11.3 Å². The lowest BCUT2D eigenvalue weighted by atomic mass is 10.1. The van der Waals surface area contributed by atoms with E-state index >= 15 is 0 Å². The van der Waals surface area contributed by atoms with Gasteiger partial charge in [-0.1, -0.05) is 24.3 Å². The molecule has 3 heterocycles. The minimum absolute atomic E-state index is 0.111. The number of para-hydroxylation sites is 1. The van der Waals surface area contributed by atoms with Gasteiger partial charge in [-0.05, 0) is 18.2 Å². The van der Waals surface area contributed by atoms with Crippen molar-refractivity contribution in [2.24, 2.45) is 7.05 Å². The molecule has 8 heteroatoms. The number of fused-ring (bicyclic) bond motifs is 1. The summed E-state index contributed by atoms with van der Waals surface area (Å²) >= 11 is 0. The average molecular weight is 353 g/mol. The molecule has 3 aromatic heterocycles. The third-order valence-corrected chi connectivity index (χ3v) is 5.12. The van der Waals surface area contributed by atoms with E-state index in [0.717, 1.165) is 5.65 Å². The van der Waals surface area contributed by atoms with Crippen LogP contribution in [0.1, 0.15) is 0 Å². The molecule has 0 spiro atoms. The molecule has 0 aliphatic rings. The zero-order valence-corrected chi connectivity index (χ0v) is 14.2. The van der Waals surface area contributed by atoms with E-state index in [4.69, 9.17) is 0 Å². The first-order valence-electron chi connectivity index (χ1n) is 7.57. The summed E-state index contributed by atoms with van der Waals surface area (Å²) in [6.07, 6.45) is 6.53. The van der Waals surface area contributed by atoms with E-state index in [9.17, 15) is 8.42 Å². The summed E-state index contributed by atoms with van der Waals surface area (Å²) in [5.74, 6) is 0. The van der Waals surface area contributed by atoms with Crippen molar-refractivity contribution < 1.29 is 8.42 Å². The summed E-state index contributed by atoms with van der Waals surface area (Å²) in [4.78, 5) is 4.67. The Bertz CT molecular complexity index is 1130. The Morgan fingerprint density at radius 1 is 1.04 bits per heavy atom. The van der Waals surface area contributed by atoms with Crippen molar-refractivity contribution in [2.45, 2.75) is 4.90 Å². The van der Waals surface area contributed by atoms with Crippen LogP contribution in [-0.4, -0.2) is 27.6 Å². The van der Waals surface area contributed by atoms with Crippen LogP contribution in [-0.2, 0) is 17.1 Å². The highest BCUT2D eigenvalue weighted by Gasteiger charge is 2.19. The van der Waals surface area contributed by atoms with E-state index in [1.807, 2.05) is 47.1 Å². The van der Waals surface area contributed by atoms with Crippen LogP contribution in [0.25, 0.3) is 16.9 Å². The largest absolute Gasteiger partial charge is 0.306 e. The lowest BCUT2D eigenvalue weighted by molar-refractivity contribution is 0.601. The number of anilines is 1. The van der Waals surface area contributed by atoms with E-state index in [2.05, 4.69) is 14.8 Å². The molecule has 126 valence electrons. The standard InChI is InChI=1S/C17H15N5O2S/c1-21-11-13(10-18-21)25(23,24)20-15-7-3-2-6-14(15)16-12-22-9-5-4-8-17(22)19-16/h2-12,20H,1H3. The Morgan fingerprint density at radius 3 is 2.60 bits per heavy atom. The predicted octanol–water partition coefficient (Wildman–Crippen LogP) is 2.54. The van der Waals surface area contributed by atoms with Crippen LogP contribution in [0.2, 0.25) is 0 Å². The number of aryl methyl sites for hydroxylation is 1. The molecular formula is C17H15N5O2S. The molecule has 0 bridgehead atoms. The van der Waals surface area contributed by atoms with Crippen LogP contribution < -0.4 is 4.72 Å². The number of sulfonamides is 1. The highest BCUT2D eigenvalue weighted by atomic mass is 32.2. The smallest absolute Gasteiger partial charge is 0.265 e. The molecule has 0 atom stereocenters. The molecule has 0 amide bonds. The molecule has 0 saturated carbocycles. The zero-order chi connectivity index (χ0) is 17.4. The highest BCUT2D eigenvalue weighted by Crippen LogP contribution is 2.29. The lowest BCUT2D eigenvalue weighted by Gasteiger charge is -2.10. The molecule has 7 nitrogen and oxygen atoms in total. The van der Waals surface area contributed by atoms with Gasteiger partial charge in [0.2, 0.25) is 0 Å². The van der Waals surface area contributed by atoms with Gasteiger partial charge in [0.1, 0.15) is 10.5 Å². The first kappa shape index (κ1) is 15.4. The zero-order valence-electron chi connectivity index (χ0n) is 13.4. The normalized spacial score (nSPS) is 11.7. The molecule has 0 radical (unpaired) electrons. The van der Waals surface area contributed by atoms with Gasteiger partial charge in [0.15, 0.2) is 0 Å². The Kier molecular flexibility index (Phi) is 3.54. The number of imidazole rings is 1. The van der Waals surface area contributed by atoms with Crippen molar-refractivity contribution in [3.05, 3.63) is 67.3 Å². The van der Waals surface area contributed by atoms with Gasteiger partial charge < -0.3 is 4.40 Å². The lowest BCUT2D eigenvalue weighted by Crippen LogP contribution is -2.13. The first-order chi connectivity index (χ1) is 12.0. The second kappa shape index (κ2) is 5.75. The van der Waals surface area contributed by atoms with Crippen molar-refractivity contribution in [1.29, 1.82) is 0 Å². The van der Waals surface area contributed by atoms with Crippen molar-refractivity contribution >= 4 is 21.4 Å². The summed E-state index contributed by atoms with van der Waals surface area (Å²) in [6, 6.07) is 12.9. The summed E-state index contributed by atoms with van der Waals surface area (Å²) in [6.45, 7) is 0. The van der Waals surface area contributed by atoms with Gasteiger partial charge >= 0.3 is 0 Å². The topological polar surface area (TPSA) is 81.3 Å². The van der Waals surface area contributed by atoms with Crippen LogP contribution in [0, 0.1) is 0 Å². The van der Waals surface area contributed by atoms with Crippen LogP contribution >= 0.6 is 0 Å². The molecule has 0 aliphatic heterocycles. The Hall–Kier alpha value is -3.13. The van der Waals surface area contributed by atoms with Gasteiger partial charge in [-0.25, -0.2) is 13.4 Å². The third-order valence-electron chi connectivity index (χ3n) is 3.80. The summed E-state index contributed by atoms with van der Waals surface area (Å²) in [7, 11) is -2.05. The third kappa shape index (κ3) is 2.87. The SMILES string of the molecule is Cn1cc(S(=O)(=O)Nc2ccccc2-c2cn3ccccc3n2)cn1. The van der Waals surface area contributed by atoms with Gasteiger partial charge in [-0.2, -0.15) is 5.10 Å². The fourth-order valence-electron chi connectivity index (χ4n) is 2.60. The molecule has 1 N–H and O–H groups in total.